The summed E-state index contributed by atoms with van der Waals surface area (Å²) in [6.45, 7) is 3.41. The fraction of sp³-hybridized carbons (Fsp3) is 0.190. The molecule has 1 heterocycles. The second-order valence-corrected chi connectivity index (χ2v) is 8.93. The van der Waals surface area contributed by atoms with Gasteiger partial charge >= 0.3 is 5.97 Å². The monoisotopic (exact) mass is 449 g/mol. The number of halogens is 1. The molecule has 0 bridgehead atoms. The van der Waals surface area contributed by atoms with E-state index >= 15 is 0 Å². The van der Waals surface area contributed by atoms with Crippen LogP contribution in [0.2, 0.25) is 5.02 Å². The molecule has 0 radical (unpaired) electrons. The van der Waals surface area contributed by atoms with Crippen LogP contribution in [0.4, 0.5) is 5.69 Å². The predicted octanol–water partition coefficient (Wildman–Crippen LogP) is 4.81. The lowest BCUT2D eigenvalue weighted by Crippen LogP contribution is -2.37. The maximum Gasteiger partial charge on any atom is 0.371 e. The number of sulfonamides is 1. The summed E-state index contributed by atoms with van der Waals surface area (Å²) >= 11 is 6.11. The van der Waals surface area contributed by atoms with Crippen molar-refractivity contribution in [2.24, 2.45) is 0 Å². The highest BCUT2D eigenvalue weighted by Crippen LogP contribution is 2.36. The quantitative estimate of drug-likeness (QED) is 0.529. The van der Waals surface area contributed by atoms with Gasteiger partial charge in [0.2, 0.25) is 5.76 Å². The number of nitrogens with zero attached hydrogens (tertiary/aromatic N) is 1. The third-order valence-electron chi connectivity index (χ3n) is 4.17. The minimum absolute atomic E-state index is 0.0993. The first-order valence-electron chi connectivity index (χ1n) is 9.04. The molecule has 0 fully saturated rings. The zero-order chi connectivity index (χ0) is 21.9. The van der Waals surface area contributed by atoms with Crippen molar-refractivity contribution in [2.45, 2.75) is 31.4 Å². The van der Waals surface area contributed by atoms with Crippen LogP contribution in [-0.2, 0) is 16.6 Å². The number of furan rings is 1. The Bertz CT molecular complexity index is 1140. The van der Waals surface area contributed by atoms with Gasteiger partial charge in [-0.05, 0) is 50.2 Å². The van der Waals surface area contributed by atoms with Gasteiger partial charge < -0.3 is 14.3 Å². The minimum atomic E-state index is -3.87. The third-order valence-corrected chi connectivity index (χ3v) is 6.41. The van der Waals surface area contributed by atoms with Crippen LogP contribution >= 0.6 is 11.6 Å². The molecule has 0 saturated heterocycles. The molecule has 0 aliphatic carbocycles. The molecule has 3 aromatic rings. The molecule has 0 atom stereocenters. The first-order valence-corrected chi connectivity index (χ1v) is 10.9. The Balaban J connectivity index is 1.98. The van der Waals surface area contributed by atoms with Crippen LogP contribution in [-0.4, -0.2) is 25.5 Å². The minimum Gasteiger partial charge on any atom is -0.483 e. The van der Waals surface area contributed by atoms with Gasteiger partial charge in [0.15, 0.2) is 0 Å². The second-order valence-electron chi connectivity index (χ2n) is 6.68. The van der Waals surface area contributed by atoms with Crippen molar-refractivity contribution in [1.82, 2.24) is 0 Å². The van der Waals surface area contributed by atoms with E-state index in [1.165, 1.54) is 34.6 Å². The molecular formula is C21H20ClNO6S. The van der Waals surface area contributed by atoms with E-state index in [4.69, 9.17) is 25.9 Å². The van der Waals surface area contributed by atoms with Crippen LogP contribution < -0.4 is 9.04 Å². The molecule has 7 nitrogen and oxygen atoms in total. The molecule has 0 amide bonds. The molecule has 0 spiro atoms. The average Bonchev–Trinajstić information content (AvgIpc) is 3.18. The number of carboxylic acid groups (broad SMARTS) is 1. The Morgan fingerprint density at radius 1 is 1.13 bits per heavy atom. The number of benzene rings is 2. The van der Waals surface area contributed by atoms with Crippen LogP contribution in [0.15, 0.2) is 70.0 Å². The van der Waals surface area contributed by atoms with Crippen molar-refractivity contribution >= 4 is 33.3 Å². The van der Waals surface area contributed by atoms with Gasteiger partial charge in [0, 0.05) is 17.1 Å². The summed E-state index contributed by atoms with van der Waals surface area (Å²) in [5.41, 5.74) is 0.309. The normalized spacial score (nSPS) is 11.5. The highest BCUT2D eigenvalue weighted by molar-refractivity contribution is 7.92. The molecule has 0 aliphatic rings. The van der Waals surface area contributed by atoms with Crippen molar-refractivity contribution < 1.29 is 27.5 Å². The summed E-state index contributed by atoms with van der Waals surface area (Å²) in [5, 5.41) is 9.33. The van der Waals surface area contributed by atoms with Gasteiger partial charge in [-0.2, -0.15) is 0 Å². The fourth-order valence-electron chi connectivity index (χ4n) is 2.90. The fourth-order valence-corrected chi connectivity index (χ4v) is 4.75. The Kier molecular flexibility index (Phi) is 6.38. The number of rotatable bonds is 8. The van der Waals surface area contributed by atoms with E-state index in [0.29, 0.717) is 10.7 Å². The highest BCUT2D eigenvalue weighted by Gasteiger charge is 2.30. The van der Waals surface area contributed by atoms with Crippen molar-refractivity contribution in [3.8, 4) is 5.75 Å². The van der Waals surface area contributed by atoms with Crippen molar-refractivity contribution in [1.29, 1.82) is 0 Å². The predicted molar refractivity (Wildman–Crippen MR) is 113 cm³/mol. The van der Waals surface area contributed by atoms with Crippen LogP contribution in [0.3, 0.4) is 0 Å². The summed E-state index contributed by atoms with van der Waals surface area (Å²) < 4.78 is 38.9. The smallest absolute Gasteiger partial charge is 0.371 e. The lowest BCUT2D eigenvalue weighted by atomic mass is 10.2. The summed E-state index contributed by atoms with van der Waals surface area (Å²) in [6, 6.07) is 15.1. The Labute approximate surface area is 179 Å². The van der Waals surface area contributed by atoms with E-state index in [1.54, 1.807) is 44.2 Å². The summed E-state index contributed by atoms with van der Waals surface area (Å²) in [6.07, 6.45) is 0. The van der Waals surface area contributed by atoms with Crippen molar-refractivity contribution in [2.75, 3.05) is 4.31 Å². The molecule has 30 heavy (non-hydrogen) atoms. The molecule has 1 N–H and O–H groups in total. The standard InChI is InChI=1S/C21H20ClNO6S/c1-14(2)23(30(26,27)17-6-4-3-5-7-17)18-10-8-15(22)12-20(18)28-13-16-9-11-19(29-16)21(24)25/h3-12,14H,13H2,1-2H3,(H,24,25). The van der Waals surface area contributed by atoms with E-state index in [2.05, 4.69) is 0 Å². The number of hydrogen-bond donors (Lipinski definition) is 1. The number of anilines is 1. The molecule has 9 heteroatoms. The van der Waals surface area contributed by atoms with Crippen LogP contribution in [0.1, 0.15) is 30.2 Å². The molecule has 158 valence electrons. The van der Waals surface area contributed by atoms with Gasteiger partial charge in [0.1, 0.15) is 18.1 Å². The molecule has 0 saturated carbocycles. The van der Waals surface area contributed by atoms with E-state index in [1.807, 2.05) is 0 Å². The number of aromatic carboxylic acids is 1. The highest BCUT2D eigenvalue weighted by atomic mass is 35.5. The maximum atomic E-state index is 13.3. The van der Waals surface area contributed by atoms with Crippen LogP contribution in [0.25, 0.3) is 0 Å². The van der Waals surface area contributed by atoms with Gasteiger partial charge in [0.05, 0.1) is 10.6 Å². The average molecular weight is 450 g/mol. The lowest BCUT2D eigenvalue weighted by molar-refractivity contribution is 0.0658. The molecular weight excluding hydrogens is 430 g/mol. The molecule has 1 aromatic heterocycles. The van der Waals surface area contributed by atoms with E-state index in [-0.39, 0.29) is 28.8 Å². The topological polar surface area (TPSA) is 97.0 Å². The lowest BCUT2D eigenvalue weighted by Gasteiger charge is -2.29. The number of hydrogen-bond acceptors (Lipinski definition) is 5. The molecule has 0 unspecified atom stereocenters. The Hall–Kier alpha value is -2.97. The van der Waals surface area contributed by atoms with Gasteiger partial charge in [-0.15, -0.1) is 0 Å². The molecule has 3 rings (SSSR count). The van der Waals surface area contributed by atoms with Crippen molar-refractivity contribution in [3.63, 3.8) is 0 Å². The summed E-state index contributed by atoms with van der Waals surface area (Å²) in [5.74, 6) is -0.899. The van der Waals surface area contributed by atoms with Crippen LogP contribution in [0, 0.1) is 0 Å². The first kappa shape index (κ1) is 21.7. The SMILES string of the molecule is CC(C)N(c1ccc(Cl)cc1OCc1ccc(C(=O)O)o1)S(=O)(=O)c1ccccc1. The van der Waals surface area contributed by atoms with E-state index in [9.17, 15) is 13.2 Å². The summed E-state index contributed by atoms with van der Waals surface area (Å²) in [4.78, 5) is 11.1. The van der Waals surface area contributed by atoms with Crippen LogP contribution in [0.5, 0.6) is 5.75 Å². The third kappa shape index (κ3) is 4.60. The zero-order valence-corrected chi connectivity index (χ0v) is 17.9. The number of carboxylic acids is 1. The zero-order valence-electron chi connectivity index (χ0n) is 16.3. The van der Waals surface area contributed by atoms with Gasteiger partial charge in [-0.3, -0.25) is 4.31 Å². The second kappa shape index (κ2) is 8.81. The van der Waals surface area contributed by atoms with Gasteiger partial charge in [-0.1, -0.05) is 29.8 Å². The number of ether oxygens (including phenoxy) is 1. The maximum absolute atomic E-state index is 13.3. The Morgan fingerprint density at radius 3 is 2.43 bits per heavy atom. The Morgan fingerprint density at radius 2 is 1.83 bits per heavy atom. The van der Waals surface area contributed by atoms with E-state index in [0.717, 1.165) is 0 Å². The first-order chi connectivity index (χ1) is 14.2. The van der Waals surface area contributed by atoms with Gasteiger partial charge in [0.25, 0.3) is 10.0 Å². The number of carbonyl (C=O) groups is 1. The largest absolute Gasteiger partial charge is 0.483 e. The van der Waals surface area contributed by atoms with Crippen molar-refractivity contribution in [3.05, 3.63) is 77.2 Å². The summed E-state index contributed by atoms with van der Waals surface area (Å²) in [7, 11) is -3.87. The molecule has 0 aliphatic heterocycles. The van der Waals surface area contributed by atoms with E-state index < -0.39 is 22.0 Å². The molecule has 2 aromatic carbocycles. The van der Waals surface area contributed by atoms with Gasteiger partial charge in [-0.25, -0.2) is 13.2 Å².